The van der Waals surface area contributed by atoms with Crippen molar-refractivity contribution in [3.05, 3.63) is 31.1 Å². The van der Waals surface area contributed by atoms with Gasteiger partial charge in [0.1, 0.15) is 0 Å². The molecule has 0 unspecified atom stereocenters. The molecule has 1 rings (SSSR count). The summed E-state index contributed by atoms with van der Waals surface area (Å²) in [7, 11) is 0. The van der Waals surface area contributed by atoms with E-state index in [-0.39, 0.29) is 0 Å². The van der Waals surface area contributed by atoms with Crippen molar-refractivity contribution in [2.24, 2.45) is 0 Å². The monoisotopic (exact) mass is 149 g/mol. The minimum atomic E-state index is 0.675. The molecule has 0 aromatic carbocycles. The average molecular weight is 149 g/mol. The van der Waals surface area contributed by atoms with Gasteiger partial charge < -0.3 is 5.32 Å². The molecular weight excluding hydrogens is 138 g/mol. The SMILES string of the molecule is C=CCCNc1ncccn1. The molecular formula is C8H11N3. The highest BCUT2D eigenvalue weighted by Gasteiger charge is 1.88. The van der Waals surface area contributed by atoms with Crippen molar-refractivity contribution in [1.82, 2.24) is 9.97 Å². The normalized spacial score (nSPS) is 9.09. The smallest absolute Gasteiger partial charge is 0.222 e. The Hall–Kier alpha value is -1.38. The Labute approximate surface area is 66.2 Å². The summed E-state index contributed by atoms with van der Waals surface area (Å²) in [5, 5.41) is 3.05. The van der Waals surface area contributed by atoms with E-state index < -0.39 is 0 Å². The standard InChI is InChI=1S/C8H11N3/c1-2-3-5-9-8-10-6-4-7-11-8/h2,4,6-7H,1,3,5H2,(H,9,10,11). The molecule has 0 fully saturated rings. The molecule has 0 saturated heterocycles. The zero-order chi connectivity index (χ0) is 7.94. The highest BCUT2D eigenvalue weighted by molar-refractivity contribution is 5.21. The van der Waals surface area contributed by atoms with Gasteiger partial charge in [-0.1, -0.05) is 6.08 Å². The van der Waals surface area contributed by atoms with Crippen LogP contribution in [0.4, 0.5) is 5.95 Å². The molecule has 0 saturated carbocycles. The third-order valence-electron chi connectivity index (χ3n) is 1.20. The van der Waals surface area contributed by atoms with Gasteiger partial charge in [-0.25, -0.2) is 9.97 Å². The molecule has 58 valence electrons. The van der Waals surface area contributed by atoms with Crippen LogP contribution in [0.25, 0.3) is 0 Å². The minimum Gasteiger partial charge on any atom is -0.354 e. The molecule has 0 aliphatic rings. The Morgan fingerprint density at radius 1 is 1.45 bits per heavy atom. The van der Waals surface area contributed by atoms with Gasteiger partial charge >= 0.3 is 0 Å². The molecule has 1 heterocycles. The van der Waals surface area contributed by atoms with Crippen LogP contribution in [0.5, 0.6) is 0 Å². The van der Waals surface area contributed by atoms with E-state index in [9.17, 15) is 0 Å². The maximum atomic E-state index is 3.99. The number of aromatic nitrogens is 2. The molecule has 1 N–H and O–H groups in total. The molecule has 1 aromatic heterocycles. The molecule has 0 radical (unpaired) electrons. The maximum Gasteiger partial charge on any atom is 0.222 e. The van der Waals surface area contributed by atoms with Crippen molar-refractivity contribution >= 4 is 5.95 Å². The van der Waals surface area contributed by atoms with Gasteiger partial charge in [0.2, 0.25) is 5.95 Å². The van der Waals surface area contributed by atoms with Crippen LogP contribution in [0.2, 0.25) is 0 Å². The van der Waals surface area contributed by atoms with Crippen LogP contribution in [0.3, 0.4) is 0 Å². The molecule has 0 aliphatic heterocycles. The Bertz CT molecular complexity index is 208. The van der Waals surface area contributed by atoms with E-state index in [2.05, 4.69) is 21.9 Å². The van der Waals surface area contributed by atoms with Gasteiger partial charge in [-0.3, -0.25) is 0 Å². The van der Waals surface area contributed by atoms with Crippen molar-refractivity contribution in [3.63, 3.8) is 0 Å². The van der Waals surface area contributed by atoms with E-state index in [4.69, 9.17) is 0 Å². The molecule has 0 atom stereocenters. The molecule has 0 aliphatic carbocycles. The largest absolute Gasteiger partial charge is 0.354 e. The molecule has 3 heteroatoms. The van der Waals surface area contributed by atoms with Crippen molar-refractivity contribution in [1.29, 1.82) is 0 Å². The fourth-order valence-corrected chi connectivity index (χ4v) is 0.676. The van der Waals surface area contributed by atoms with Gasteiger partial charge in [0.05, 0.1) is 0 Å². The molecule has 11 heavy (non-hydrogen) atoms. The summed E-state index contributed by atoms with van der Waals surface area (Å²) in [4.78, 5) is 7.99. The van der Waals surface area contributed by atoms with Gasteiger partial charge in [-0.15, -0.1) is 6.58 Å². The lowest BCUT2D eigenvalue weighted by Gasteiger charge is -1.99. The fraction of sp³-hybridized carbons (Fsp3) is 0.250. The predicted molar refractivity (Wildman–Crippen MR) is 45.3 cm³/mol. The minimum absolute atomic E-state index is 0.675. The first-order valence-electron chi connectivity index (χ1n) is 3.55. The summed E-state index contributed by atoms with van der Waals surface area (Å²) in [5.41, 5.74) is 0. The van der Waals surface area contributed by atoms with E-state index in [1.165, 1.54) is 0 Å². The van der Waals surface area contributed by atoms with E-state index in [1.54, 1.807) is 18.5 Å². The van der Waals surface area contributed by atoms with Crippen molar-refractivity contribution in [2.45, 2.75) is 6.42 Å². The lowest BCUT2D eigenvalue weighted by molar-refractivity contribution is 1.02. The quantitative estimate of drug-likeness (QED) is 0.520. The van der Waals surface area contributed by atoms with Crippen LogP contribution < -0.4 is 5.32 Å². The predicted octanol–water partition coefficient (Wildman–Crippen LogP) is 1.46. The summed E-state index contributed by atoms with van der Waals surface area (Å²) in [6.45, 7) is 4.45. The summed E-state index contributed by atoms with van der Waals surface area (Å²) >= 11 is 0. The number of anilines is 1. The Balaban J connectivity index is 2.33. The van der Waals surface area contributed by atoms with Crippen LogP contribution in [0.15, 0.2) is 31.1 Å². The molecule has 0 amide bonds. The summed E-state index contributed by atoms with van der Waals surface area (Å²) in [5.74, 6) is 0.675. The number of hydrogen-bond donors (Lipinski definition) is 1. The van der Waals surface area contributed by atoms with Crippen molar-refractivity contribution < 1.29 is 0 Å². The Kier molecular flexibility index (Phi) is 3.12. The lowest BCUT2D eigenvalue weighted by Crippen LogP contribution is -2.03. The van der Waals surface area contributed by atoms with Gasteiger partial charge in [-0.05, 0) is 12.5 Å². The summed E-state index contributed by atoms with van der Waals surface area (Å²) in [6, 6.07) is 1.79. The second kappa shape index (κ2) is 4.44. The van der Waals surface area contributed by atoms with Crippen molar-refractivity contribution in [2.75, 3.05) is 11.9 Å². The zero-order valence-corrected chi connectivity index (χ0v) is 6.33. The van der Waals surface area contributed by atoms with Gasteiger partial charge in [0, 0.05) is 18.9 Å². The van der Waals surface area contributed by atoms with E-state index in [1.807, 2.05) is 6.08 Å². The first kappa shape index (κ1) is 7.72. The third kappa shape index (κ3) is 2.80. The second-order valence-electron chi connectivity index (χ2n) is 2.08. The Morgan fingerprint density at radius 2 is 2.18 bits per heavy atom. The zero-order valence-electron chi connectivity index (χ0n) is 6.33. The van der Waals surface area contributed by atoms with Crippen LogP contribution in [-0.2, 0) is 0 Å². The lowest BCUT2D eigenvalue weighted by atomic mass is 10.4. The first-order valence-corrected chi connectivity index (χ1v) is 3.55. The van der Waals surface area contributed by atoms with E-state index >= 15 is 0 Å². The topological polar surface area (TPSA) is 37.8 Å². The fourth-order valence-electron chi connectivity index (χ4n) is 0.676. The van der Waals surface area contributed by atoms with Crippen LogP contribution >= 0.6 is 0 Å². The molecule has 0 spiro atoms. The number of rotatable bonds is 4. The average Bonchev–Trinajstić information content (AvgIpc) is 2.07. The molecule has 3 nitrogen and oxygen atoms in total. The second-order valence-corrected chi connectivity index (χ2v) is 2.08. The first-order chi connectivity index (χ1) is 5.43. The van der Waals surface area contributed by atoms with Crippen LogP contribution in [0.1, 0.15) is 6.42 Å². The van der Waals surface area contributed by atoms with Gasteiger partial charge in [-0.2, -0.15) is 0 Å². The number of hydrogen-bond acceptors (Lipinski definition) is 3. The molecule has 0 bridgehead atoms. The van der Waals surface area contributed by atoms with E-state index in [0.29, 0.717) is 5.95 Å². The summed E-state index contributed by atoms with van der Waals surface area (Å²) in [6.07, 6.45) is 6.21. The molecule has 1 aromatic rings. The van der Waals surface area contributed by atoms with Crippen LogP contribution in [0, 0.1) is 0 Å². The number of nitrogens with one attached hydrogen (secondary N) is 1. The highest BCUT2D eigenvalue weighted by Crippen LogP contribution is 1.93. The van der Waals surface area contributed by atoms with Gasteiger partial charge in [0.25, 0.3) is 0 Å². The summed E-state index contributed by atoms with van der Waals surface area (Å²) < 4.78 is 0. The number of nitrogens with zero attached hydrogens (tertiary/aromatic N) is 2. The third-order valence-corrected chi connectivity index (χ3v) is 1.20. The highest BCUT2D eigenvalue weighted by atomic mass is 15.1. The van der Waals surface area contributed by atoms with Gasteiger partial charge in [0.15, 0.2) is 0 Å². The van der Waals surface area contributed by atoms with Crippen LogP contribution in [-0.4, -0.2) is 16.5 Å². The van der Waals surface area contributed by atoms with Crippen molar-refractivity contribution in [3.8, 4) is 0 Å². The Morgan fingerprint density at radius 3 is 2.82 bits per heavy atom. The maximum absolute atomic E-state index is 3.99. The van der Waals surface area contributed by atoms with E-state index in [0.717, 1.165) is 13.0 Å².